The van der Waals surface area contributed by atoms with E-state index in [0.717, 1.165) is 42.1 Å². The van der Waals surface area contributed by atoms with Crippen molar-refractivity contribution in [2.45, 2.75) is 26.4 Å². The minimum atomic E-state index is -0.0813. The highest BCUT2D eigenvalue weighted by Gasteiger charge is 2.23. The molecule has 1 N–H and O–H groups in total. The summed E-state index contributed by atoms with van der Waals surface area (Å²) in [6, 6.07) is 1.88. The second kappa shape index (κ2) is 5.83. The summed E-state index contributed by atoms with van der Waals surface area (Å²) in [5.41, 5.74) is 2.23. The van der Waals surface area contributed by atoms with Crippen LogP contribution in [0.1, 0.15) is 28.4 Å². The molecule has 25 heavy (non-hydrogen) atoms. The van der Waals surface area contributed by atoms with Crippen LogP contribution in [0.3, 0.4) is 0 Å². The first-order valence-electron chi connectivity index (χ1n) is 8.24. The highest BCUT2D eigenvalue weighted by molar-refractivity contribution is 5.92. The maximum atomic E-state index is 12.2. The van der Waals surface area contributed by atoms with Crippen molar-refractivity contribution in [3.63, 3.8) is 0 Å². The Morgan fingerprint density at radius 3 is 2.92 bits per heavy atom. The number of H-pyrrole nitrogens is 1. The van der Waals surface area contributed by atoms with Gasteiger partial charge in [0.15, 0.2) is 11.3 Å². The molecule has 1 aliphatic rings. The minimum Gasteiger partial charge on any atom is -0.350 e. The van der Waals surface area contributed by atoms with E-state index in [2.05, 4.69) is 30.2 Å². The Kier molecular flexibility index (Phi) is 3.63. The Labute approximate surface area is 144 Å². The van der Waals surface area contributed by atoms with Gasteiger partial charge in [0.2, 0.25) is 0 Å². The molecule has 4 rings (SSSR count). The van der Waals surface area contributed by atoms with Crippen molar-refractivity contribution >= 4 is 22.8 Å². The van der Waals surface area contributed by atoms with Gasteiger partial charge >= 0.3 is 0 Å². The lowest BCUT2D eigenvalue weighted by atomic mass is 10.3. The van der Waals surface area contributed by atoms with Crippen molar-refractivity contribution in [3.8, 4) is 0 Å². The Bertz CT molecular complexity index is 941. The van der Waals surface area contributed by atoms with E-state index < -0.39 is 0 Å². The van der Waals surface area contributed by atoms with Gasteiger partial charge in [0, 0.05) is 27.2 Å². The van der Waals surface area contributed by atoms with Crippen molar-refractivity contribution in [2.24, 2.45) is 0 Å². The molecule has 0 unspecified atom stereocenters. The molecule has 4 heterocycles. The summed E-state index contributed by atoms with van der Waals surface area (Å²) in [5.74, 6) is 1.49. The van der Waals surface area contributed by atoms with Gasteiger partial charge < -0.3 is 9.80 Å². The number of aryl methyl sites for hydroxylation is 2. The zero-order valence-electron chi connectivity index (χ0n) is 14.5. The molecule has 0 saturated carbocycles. The van der Waals surface area contributed by atoms with Crippen LogP contribution in [0.5, 0.6) is 0 Å². The zero-order valence-corrected chi connectivity index (χ0v) is 14.5. The van der Waals surface area contributed by atoms with Crippen molar-refractivity contribution < 1.29 is 4.79 Å². The Morgan fingerprint density at radius 1 is 1.28 bits per heavy atom. The maximum absolute atomic E-state index is 12.2. The van der Waals surface area contributed by atoms with Gasteiger partial charge in [-0.25, -0.2) is 9.97 Å². The number of anilines is 1. The molecule has 0 radical (unpaired) electrons. The molecule has 130 valence electrons. The molecule has 0 aliphatic carbocycles. The zero-order chi connectivity index (χ0) is 17.6. The first kappa shape index (κ1) is 15.6. The SMILES string of the molecule is Cc1nc(N2CCCn3nc(C(=O)N(C)C)cc3C2)c2cn[nH]c2n1. The van der Waals surface area contributed by atoms with E-state index in [1.807, 2.05) is 17.7 Å². The summed E-state index contributed by atoms with van der Waals surface area (Å²) in [4.78, 5) is 25.0. The number of carbonyl (C=O) groups excluding carboxylic acids is 1. The largest absolute Gasteiger partial charge is 0.350 e. The number of amides is 1. The standard InChI is InChI=1S/C16H20N8O/c1-10-18-14-12(8-17-20-14)15(19-10)23-5-4-6-24-11(9-23)7-13(21-24)16(25)22(2)3/h7-8H,4-6,9H2,1-3H3,(H,17,18,19,20). The molecule has 9 heteroatoms. The van der Waals surface area contributed by atoms with E-state index in [-0.39, 0.29) is 5.91 Å². The molecule has 9 nitrogen and oxygen atoms in total. The quantitative estimate of drug-likeness (QED) is 0.747. The van der Waals surface area contributed by atoms with E-state index in [9.17, 15) is 4.79 Å². The van der Waals surface area contributed by atoms with Crippen molar-refractivity contribution in [1.29, 1.82) is 0 Å². The second-order valence-electron chi connectivity index (χ2n) is 6.45. The van der Waals surface area contributed by atoms with E-state index in [4.69, 9.17) is 0 Å². The first-order chi connectivity index (χ1) is 12.0. The summed E-state index contributed by atoms with van der Waals surface area (Å²) in [5, 5.41) is 12.4. The highest BCUT2D eigenvalue weighted by Crippen LogP contribution is 2.26. The molecule has 3 aromatic rings. The Balaban J connectivity index is 1.71. The van der Waals surface area contributed by atoms with Crippen molar-refractivity contribution in [3.05, 3.63) is 29.5 Å². The van der Waals surface area contributed by atoms with Crippen molar-refractivity contribution in [1.82, 2.24) is 34.8 Å². The third-order valence-corrected chi connectivity index (χ3v) is 4.34. The number of nitrogens with zero attached hydrogens (tertiary/aromatic N) is 7. The van der Waals surface area contributed by atoms with Gasteiger partial charge in [-0.2, -0.15) is 10.2 Å². The van der Waals surface area contributed by atoms with E-state index in [1.54, 1.807) is 25.2 Å². The average molecular weight is 340 g/mol. The monoisotopic (exact) mass is 340 g/mol. The highest BCUT2D eigenvalue weighted by atomic mass is 16.2. The van der Waals surface area contributed by atoms with E-state index >= 15 is 0 Å². The van der Waals surface area contributed by atoms with Crippen LogP contribution in [0.2, 0.25) is 0 Å². The van der Waals surface area contributed by atoms with Gasteiger partial charge in [-0.05, 0) is 19.4 Å². The molecule has 0 fully saturated rings. The van der Waals surface area contributed by atoms with Crippen molar-refractivity contribution in [2.75, 3.05) is 25.5 Å². The maximum Gasteiger partial charge on any atom is 0.273 e. The van der Waals surface area contributed by atoms with Gasteiger partial charge in [-0.3, -0.25) is 14.6 Å². The third kappa shape index (κ3) is 2.71. The minimum absolute atomic E-state index is 0.0813. The normalized spacial score (nSPS) is 14.4. The number of carbonyl (C=O) groups is 1. The molecule has 0 bridgehead atoms. The number of nitrogens with one attached hydrogen (secondary N) is 1. The summed E-state index contributed by atoms with van der Waals surface area (Å²) in [7, 11) is 3.47. The fourth-order valence-corrected chi connectivity index (χ4v) is 3.15. The van der Waals surface area contributed by atoms with Gasteiger partial charge in [-0.1, -0.05) is 0 Å². The fraction of sp³-hybridized carbons (Fsp3) is 0.438. The third-order valence-electron chi connectivity index (χ3n) is 4.34. The number of fused-ring (bicyclic) bond motifs is 2. The van der Waals surface area contributed by atoms with Crippen LogP contribution in [-0.4, -0.2) is 61.4 Å². The number of rotatable bonds is 2. The Morgan fingerprint density at radius 2 is 2.12 bits per heavy atom. The number of aromatic amines is 1. The molecular weight excluding hydrogens is 320 g/mol. The summed E-state index contributed by atoms with van der Waals surface area (Å²) in [6.45, 7) is 4.16. The average Bonchev–Trinajstić information content (AvgIpc) is 3.15. The van der Waals surface area contributed by atoms with E-state index in [1.165, 1.54) is 0 Å². The molecule has 1 aliphatic heterocycles. The van der Waals surface area contributed by atoms with Gasteiger partial charge in [0.1, 0.15) is 11.6 Å². The molecule has 0 atom stereocenters. The lowest BCUT2D eigenvalue weighted by Crippen LogP contribution is -2.24. The smallest absolute Gasteiger partial charge is 0.273 e. The lowest BCUT2D eigenvalue weighted by Gasteiger charge is -2.21. The summed E-state index contributed by atoms with van der Waals surface area (Å²) >= 11 is 0. The molecule has 0 aromatic carbocycles. The molecule has 0 spiro atoms. The molecule has 1 amide bonds. The fourth-order valence-electron chi connectivity index (χ4n) is 3.15. The summed E-state index contributed by atoms with van der Waals surface area (Å²) in [6.07, 6.45) is 2.68. The number of hydrogen-bond donors (Lipinski definition) is 1. The summed E-state index contributed by atoms with van der Waals surface area (Å²) < 4.78 is 1.93. The lowest BCUT2D eigenvalue weighted by molar-refractivity contribution is 0.0821. The van der Waals surface area contributed by atoms with Crippen LogP contribution in [0.15, 0.2) is 12.3 Å². The second-order valence-corrected chi connectivity index (χ2v) is 6.45. The van der Waals surface area contributed by atoms with Crippen LogP contribution in [0.25, 0.3) is 11.0 Å². The van der Waals surface area contributed by atoms with Gasteiger partial charge in [-0.15, -0.1) is 0 Å². The first-order valence-corrected chi connectivity index (χ1v) is 8.24. The van der Waals surface area contributed by atoms with Gasteiger partial charge in [0.25, 0.3) is 5.91 Å². The van der Waals surface area contributed by atoms with Crippen LogP contribution in [0, 0.1) is 6.92 Å². The molecular formula is C16H20N8O. The van der Waals surface area contributed by atoms with Crippen LogP contribution >= 0.6 is 0 Å². The topological polar surface area (TPSA) is 95.8 Å². The molecule has 0 saturated heterocycles. The van der Waals surface area contributed by atoms with E-state index in [0.29, 0.717) is 18.1 Å². The predicted octanol–water partition coefficient (Wildman–Crippen LogP) is 0.970. The van der Waals surface area contributed by atoms with Crippen LogP contribution < -0.4 is 4.90 Å². The number of aromatic nitrogens is 6. The number of hydrogen-bond acceptors (Lipinski definition) is 6. The van der Waals surface area contributed by atoms with Crippen LogP contribution in [-0.2, 0) is 13.1 Å². The Hall–Kier alpha value is -2.97. The predicted molar refractivity (Wildman–Crippen MR) is 92.3 cm³/mol. The van der Waals surface area contributed by atoms with Gasteiger partial charge in [0.05, 0.1) is 23.8 Å². The molecule has 3 aromatic heterocycles. The van der Waals surface area contributed by atoms with Crippen LogP contribution in [0.4, 0.5) is 5.82 Å².